The Morgan fingerprint density at radius 1 is 1.67 bits per heavy atom. The van der Waals surface area contributed by atoms with Gasteiger partial charge in [0.2, 0.25) is 0 Å². The zero-order valence-electron chi connectivity index (χ0n) is 5.88. The molecule has 0 saturated carbocycles. The molecule has 0 aliphatic carbocycles. The molecule has 0 fully saturated rings. The molecule has 0 amide bonds. The van der Waals surface area contributed by atoms with Crippen LogP contribution < -0.4 is 0 Å². The molecule has 0 aliphatic heterocycles. The predicted octanol–water partition coefficient (Wildman–Crippen LogP) is 1.18. The minimum absolute atomic E-state index is 0.230. The van der Waals surface area contributed by atoms with Gasteiger partial charge in [-0.25, -0.2) is 0 Å². The number of thiol groups is 1. The van der Waals surface area contributed by atoms with Crippen LogP contribution >= 0.6 is 12.6 Å². The average Bonchev–Trinajstić information content (AvgIpc) is 1.68. The average molecular weight is 255 g/mol. The summed E-state index contributed by atoms with van der Waals surface area (Å²) < 4.78 is 0. The minimum atomic E-state index is -0.877. The van der Waals surface area contributed by atoms with E-state index in [1.54, 1.807) is 0 Å². The Morgan fingerprint density at radius 2 is 1.78 bits per heavy atom. The molecule has 0 aromatic carbocycles. The number of hydrogen-bond acceptors (Lipinski definition) is 2. The van der Waals surface area contributed by atoms with Gasteiger partial charge in [-0.1, -0.05) is 0 Å². The zero-order chi connectivity index (χ0) is 7.86. The zero-order valence-corrected chi connectivity index (χ0v) is 9.63. The van der Waals surface area contributed by atoms with E-state index in [4.69, 9.17) is 5.11 Å². The summed E-state index contributed by atoms with van der Waals surface area (Å²) in [6.45, 7) is 1.51. The van der Waals surface area contributed by atoms with Crippen LogP contribution in [-0.2, 0) is 4.79 Å². The van der Waals surface area contributed by atoms with E-state index in [0.29, 0.717) is 0 Å². The van der Waals surface area contributed by atoms with Crippen LogP contribution in [0.4, 0.5) is 0 Å². The molecule has 4 heteroatoms. The summed E-state index contributed by atoms with van der Waals surface area (Å²) in [5.74, 6) is -0.877. The number of carboxylic acid groups (broad SMARTS) is 1. The molecule has 0 aromatic heterocycles. The van der Waals surface area contributed by atoms with Crippen LogP contribution in [0.5, 0.6) is 0 Å². The molecular weight excluding hydrogens is 243 g/mol. The van der Waals surface area contributed by atoms with Crippen LogP contribution in [0.25, 0.3) is 0 Å². The Labute approximate surface area is 71.7 Å². The third-order valence-electron chi connectivity index (χ3n) is 0.357. The first-order valence-electron chi connectivity index (χ1n) is 2.55. The van der Waals surface area contributed by atoms with Gasteiger partial charge in [-0.2, -0.15) is 12.6 Å². The van der Waals surface area contributed by atoms with Gasteiger partial charge >= 0.3 is 37.0 Å². The summed E-state index contributed by atoms with van der Waals surface area (Å²) in [4.78, 5) is 14.2. The van der Waals surface area contributed by atoms with E-state index < -0.39 is 11.2 Å². The molecule has 0 spiro atoms. The maximum absolute atomic E-state index is 9.62. The summed E-state index contributed by atoms with van der Waals surface area (Å²) >= 11 is 3.82. The van der Waals surface area contributed by atoms with Gasteiger partial charge in [-0.3, -0.25) is 4.79 Å². The number of aliphatic carboxylic acids is 1. The molecule has 0 rings (SSSR count). The van der Waals surface area contributed by atoms with Crippen molar-refractivity contribution in [2.24, 2.45) is 0 Å². The van der Waals surface area contributed by atoms with Crippen molar-refractivity contribution in [3.05, 3.63) is 0 Å². The Hall–Kier alpha value is 0.619. The molecule has 0 aromatic rings. The van der Waals surface area contributed by atoms with Crippen LogP contribution in [0.1, 0.15) is 6.92 Å². The summed E-state index contributed by atoms with van der Waals surface area (Å²) in [5.41, 5.74) is 0. The molecule has 1 N–H and O–H groups in total. The fraction of sp³-hybridized carbons (Fsp3) is 0.800. The Morgan fingerprint density at radius 3 is 1.78 bits per heavy atom. The first kappa shape index (κ1) is 12.3. The van der Waals surface area contributed by atoms with E-state index in [0.717, 1.165) is 0 Å². The van der Waals surface area contributed by atoms with Gasteiger partial charge in [0.1, 0.15) is 0 Å². The molecule has 2 nitrogen and oxygen atoms in total. The van der Waals surface area contributed by atoms with Crippen LogP contribution in [0, 0.1) is 0 Å². The molecule has 0 saturated heterocycles. The van der Waals surface area contributed by atoms with E-state index >= 15 is 0 Å². The molecule has 54 valence electrons. The Bertz CT molecular complexity index is 75.4. The summed E-state index contributed by atoms with van der Waals surface area (Å²) in [5, 5.41) is 7.38. The topological polar surface area (TPSA) is 37.3 Å². The molecule has 9 heavy (non-hydrogen) atoms. The van der Waals surface area contributed by atoms with Gasteiger partial charge in [-0.05, 0) is 6.92 Å². The van der Waals surface area contributed by atoms with Gasteiger partial charge in [-0.15, -0.1) is 0 Å². The Kier molecular flexibility index (Phi) is 11.8. The van der Waals surface area contributed by atoms with E-state index in [1.165, 1.54) is 6.92 Å². The fourth-order valence-electron chi connectivity index (χ4n) is 0. The second kappa shape index (κ2) is 8.62. The van der Waals surface area contributed by atoms with Gasteiger partial charge in [0, 0.05) is 0 Å². The van der Waals surface area contributed by atoms with Crippen molar-refractivity contribution < 1.29 is 9.90 Å². The first-order chi connectivity index (χ1) is 4.06. The van der Waals surface area contributed by atoms with Crippen LogP contribution in [-0.4, -0.2) is 37.5 Å². The van der Waals surface area contributed by atoms with Crippen molar-refractivity contribution in [3.8, 4) is 0 Å². The van der Waals surface area contributed by atoms with Gasteiger partial charge in [0.25, 0.3) is 0 Å². The van der Waals surface area contributed by atoms with Crippen LogP contribution in [0.3, 0.4) is 0 Å². The van der Waals surface area contributed by atoms with Crippen molar-refractivity contribution in [3.63, 3.8) is 0 Å². The van der Waals surface area contributed by atoms with E-state index in [2.05, 4.69) is 22.5 Å². The van der Waals surface area contributed by atoms with Gasteiger partial charge in [0.15, 0.2) is 0 Å². The van der Waals surface area contributed by atoms with Crippen LogP contribution in [0.15, 0.2) is 0 Å². The molecule has 1 atom stereocenters. The predicted molar refractivity (Wildman–Crippen MR) is 43.6 cm³/mol. The third-order valence-corrected chi connectivity index (χ3v) is 0.578. The number of carbonyl (C=O) groups is 1. The summed E-state index contributed by atoms with van der Waals surface area (Å²) in [7, 11) is 0. The van der Waals surface area contributed by atoms with E-state index in [9.17, 15) is 4.79 Å². The summed E-state index contributed by atoms with van der Waals surface area (Å²) in [6, 6.07) is 0. The van der Waals surface area contributed by atoms with Crippen molar-refractivity contribution in [1.82, 2.24) is 0 Å². The van der Waals surface area contributed by atoms with Crippen molar-refractivity contribution >= 4 is 39.7 Å². The normalized spacial score (nSPS) is 11.1. The van der Waals surface area contributed by atoms with E-state index in [1.807, 2.05) is 0 Å². The molecule has 0 heterocycles. The fourth-order valence-corrected chi connectivity index (χ4v) is 0. The Balaban J connectivity index is 0. The number of carboxylic acids is 1. The van der Waals surface area contributed by atoms with Gasteiger partial charge in [0.05, 0.1) is 5.25 Å². The first-order valence-corrected chi connectivity index (χ1v) is 8.78. The monoisotopic (exact) mass is 256 g/mol. The standard InChI is InChI=1S/C3H6O2S.2CH3.Sn/c1-2(6)3(4)5;;;/h2,6H,1H3,(H,4,5);2*1H3;. The van der Waals surface area contributed by atoms with Crippen LogP contribution in [0.2, 0.25) is 9.88 Å². The van der Waals surface area contributed by atoms with Crippen molar-refractivity contribution in [2.45, 2.75) is 22.1 Å². The molecule has 1 unspecified atom stereocenters. The SMILES string of the molecule is CC(S)C(=O)O.[CH3][Sn][CH3]. The quantitative estimate of drug-likeness (QED) is 0.545. The van der Waals surface area contributed by atoms with E-state index in [-0.39, 0.29) is 21.1 Å². The molecule has 0 bridgehead atoms. The maximum atomic E-state index is 9.62. The van der Waals surface area contributed by atoms with Crippen molar-refractivity contribution in [1.29, 1.82) is 0 Å². The number of hydrogen-bond donors (Lipinski definition) is 2. The molecular formula is C5H12O2SSn. The number of rotatable bonds is 1. The molecule has 0 aliphatic rings. The second-order valence-corrected chi connectivity index (χ2v) is 5.14. The second-order valence-electron chi connectivity index (χ2n) is 1.51. The van der Waals surface area contributed by atoms with Gasteiger partial charge < -0.3 is 5.11 Å². The van der Waals surface area contributed by atoms with Crippen molar-refractivity contribution in [2.75, 3.05) is 0 Å². The third kappa shape index (κ3) is 17.7. The summed E-state index contributed by atoms with van der Waals surface area (Å²) in [6.07, 6.45) is 0. The molecule has 2 radical (unpaired) electrons.